The van der Waals surface area contributed by atoms with E-state index in [0.29, 0.717) is 5.02 Å². The molecule has 0 bridgehead atoms. The Kier molecular flexibility index (Phi) is 4.11. The van der Waals surface area contributed by atoms with Crippen molar-refractivity contribution < 1.29 is 0 Å². The summed E-state index contributed by atoms with van der Waals surface area (Å²) in [6.45, 7) is 0. The number of hydrogen-bond donors (Lipinski definition) is 1. The second kappa shape index (κ2) is 6.91. The highest BCUT2D eigenvalue weighted by Crippen LogP contribution is 2.36. The molecule has 0 aliphatic rings. The quantitative estimate of drug-likeness (QED) is 0.375. The molecular weight excluding hydrogens is 368 g/mol. The minimum Gasteiger partial charge on any atom is -0.354 e. The van der Waals surface area contributed by atoms with Gasteiger partial charge in [0.2, 0.25) is 0 Å². The van der Waals surface area contributed by atoms with Crippen molar-refractivity contribution in [3.05, 3.63) is 90.2 Å². The number of nitrogens with one attached hydrogen (secondary N) is 1. The van der Waals surface area contributed by atoms with E-state index < -0.39 is 0 Å². The summed E-state index contributed by atoms with van der Waals surface area (Å²) in [6, 6.07) is 23.6. The number of pyridine rings is 1. The molecule has 0 aliphatic heterocycles. The normalized spacial score (nSPS) is 11.0. The monoisotopic (exact) mass is 382 g/mol. The first-order valence-electron chi connectivity index (χ1n) is 8.90. The van der Waals surface area contributed by atoms with Gasteiger partial charge in [-0.25, -0.2) is 9.97 Å². The fourth-order valence-electron chi connectivity index (χ4n) is 3.31. The Bertz CT molecular complexity index is 1300. The van der Waals surface area contributed by atoms with Crippen LogP contribution in [0.4, 0.5) is 11.4 Å². The molecule has 0 unspecified atom stereocenters. The van der Waals surface area contributed by atoms with E-state index in [9.17, 15) is 0 Å². The summed E-state index contributed by atoms with van der Waals surface area (Å²) in [6.07, 6.45) is 3.52. The van der Waals surface area contributed by atoms with Crippen LogP contribution in [-0.2, 0) is 0 Å². The molecule has 2 heterocycles. The lowest BCUT2D eigenvalue weighted by Crippen LogP contribution is -1.96. The summed E-state index contributed by atoms with van der Waals surface area (Å²) < 4.78 is 0. The smallest absolute Gasteiger partial charge is 0.0973 e. The van der Waals surface area contributed by atoms with Crippen molar-refractivity contribution in [3.63, 3.8) is 0 Å². The van der Waals surface area contributed by atoms with E-state index in [4.69, 9.17) is 21.6 Å². The van der Waals surface area contributed by atoms with Gasteiger partial charge in [0.15, 0.2) is 0 Å². The Morgan fingerprint density at radius 1 is 0.714 bits per heavy atom. The molecule has 5 aromatic rings. The van der Waals surface area contributed by atoms with Crippen molar-refractivity contribution in [2.24, 2.45) is 0 Å². The lowest BCUT2D eigenvalue weighted by Gasteiger charge is -2.14. The molecule has 0 aliphatic carbocycles. The van der Waals surface area contributed by atoms with Crippen LogP contribution in [0.3, 0.4) is 0 Å². The maximum absolute atomic E-state index is 6.28. The van der Waals surface area contributed by atoms with Gasteiger partial charge < -0.3 is 5.32 Å². The SMILES string of the molecule is Clc1ccc(-c2cccc3nc4ccccc4nc23)c(Nc2cccnc2)c1. The predicted octanol–water partition coefficient (Wildman–Crippen LogP) is 6.24. The number of aromatic nitrogens is 3. The second-order valence-corrected chi connectivity index (χ2v) is 6.88. The summed E-state index contributed by atoms with van der Waals surface area (Å²) in [4.78, 5) is 13.8. The first kappa shape index (κ1) is 16.7. The van der Waals surface area contributed by atoms with Gasteiger partial charge in [0.1, 0.15) is 0 Å². The molecule has 5 heteroatoms. The Hall–Kier alpha value is -3.50. The number of para-hydroxylation sites is 3. The third-order valence-electron chi connectivity index (χ3n) is 4.58. The van der Waals surface area contributed by atoms with Gasteiger partial charge in [-0.15, -0.1) is 0 Å². The van der Waals surface area contributed by atoms with Gasteiger partial charge in [-0.05, 0) is 42.5 Å². The van der Waals surface area contributed by atoms with Crippen molar-refractivity contribution in [2.75, 3.05) is 5.32 Å². The molecule has 0 saturated carbocycles. The fourth-order valence-corrected chi connectivity index (χ4v) is 3.48. The average molecular weight is 383 g/mol. The molecule has 28 heavy (non-hydrogen) atoms. The zero-order valence-electron chi connectivity index (χ0n) is 14.8. The van der Waals surface area contributed by atoms with Crippen molar-refractivity contribution in [3.8, 4) is 11.1 Å². The Balaban J connectivity index is 1.73. The molecule has 0 atom stereocenters. The Morgan fingerprint density at radius 3 is 2.36 bits per heavy atom. The number of benzene rings is 3. The topological polar surface area (TPSA) is 50.7 Å². The summed E-state index contributed by atoms with van der Waals surface area (Å²) in [5, 5.41) is 4.08. The Morgan fingerprint density at radius 2 is 1.54 bits per heavy atom. The molecule has 0 fully saturated rings. The van der Waals surface area contributed by atoms with Crippen LogP contribution >= 0.6 is 11.6 Å². The molecule has 0 radical (unpaired) electrons. The molecule has 0 amide bonds. The van der Waals surface area contributed by atoms with E-state index in [0.717, 1.165) is 44.6 Å². The molecule has 2 aromatic heterocycles. The number of hydrogen-bond acceptors (Lipinski definition) is 4. The van der Waals surface area contributed by atoms with E-state index in [2.05, 4.69) is 16.4 Å². The van der Waals surface area contributed by atoms with E-state index in [-0.39, 0.29) is 0 Å². The van der Waals surface area contributed by atoms with Crippen LogP contribution in [0.15, 0.2) is 85.2 Å². The lowest BCUT2D eigenvalue weighted by atomic mass is 10.0. The van der Waals surface area contributed by atoms with Crippen LogP contribution in [-0.4, -0.2) is 15.0 Å². The molecule has 1 N–H and O–H groups in total. The van der Waals surface area contributed by atoms with Gasteiger partial charge in [-0.1, -0.05) is 41.9 Å². The number of fused-ring (bicyclic) bond motifs is 2. The maximum atomic E-state index is 6.28. The summed E-state index contributed by atoms with van der Waals surface area (Å²) >= 11 is 6.28. The van der Waals surface area contributed by atoms with Crippen LogP contribution in [0.25, 0.3) is 33.2 Å². The molecule has 4 nitrogen and oxygen atoms in total. The van der Waals surface area contributed by atoms with Crippen LogP contribution in [0.2, 0.25) is 5.02 Å². The maximum Gasteiger partial charge on any atom is 0.0973 e. The first-order chi connectivity index (χ1) is 13.8. The molecular formula is C23H15ClN4. The lowest BCUT2D eigenvalue weighted by molar-refractivity contribution is 1.32. The summed E-state index contributed by atoms with van der Waals surface area (Å²) in [5.74, 6) is 0. The van der Waals surface area contributed by atoms with Crippen LogP contribution in [0.5, 0.6) is 0 Å². The van der Waals surface area contributed by atoms with Crippen LogP contribution < -0.4 is 5.32 Å². The van der Waals surface area contributed by atoms with E-state index in [1.807, 2.05) is 66.7 Å². The number of nitrogens with zero attached hydrogens (tertiary/aromatic N) is 3. The molecule has 0 spiro atoms. The fraction of sp³-hybridized carbons (Fsp3) is 0. The molecule has 3 aromatic carbocycles. The van der Waals surface area contributed by atoms with Gasteiger partial charge >= 0.3 is 0 Å². The standard InChI is InChI=1S/C23H15ClN4/c24-15-10-11-17(22(13-15)26-16-5-4-12-25-14-16)18-6-3-9-21-23(18)28-20-8-2-1-7-19(20)27-21/h1-14,26H. The average Bonchev–Trinajstić information content (AvgIpc) is 2.73. The van der Waals surface area contributed by atoms with Gasteiger partial charge in [0.25, 0.3) is 0 Å². The molecule has 5 rings (SSSR count). The van der Waals surface area contributed by atoms with Crippen LogP contribution in [0, 0.1) is 0 Å². The zero-order valence-corrected chi connectivity index (χ0v) is 15.6. The van der Waals surface area contributed by atoms with Crippen LogP contribution in [0.1, 0.15) is 0 Å². The highest BCUT2D eigenvalue weighted by Gasteiger charge is 2.12. The second-order valence-electron chi connectivity index (χ2n) is 6.44. The third kappa shape index (κ3) is 3.04. The zero-order chi connectivity index (χ0) is 18.9. The van der Waals surface area contributed by atoms with Gasteiger partial charge in [0, 0.05) is 28.0 Å². The number of anilines is 2. The highest BCUT2D eigenvalue weighted by molar-refractivity contribution is 6.31. The minimum atomic E-state index is 0.659. The van der Waals surface area contributed by atoms with Gasteiger partial charge in [0.05, 0.1) is 34.0 Å². The minimum absolute atomic E-state index is 0.659. The third-order valence-corrected chi connectivity index (χ3v) is 4.82. The van der Waals surface area contributed by atoms with Crippen molar-refractivity contribution >= 4 is 45.0 Å². The number of rotatable bonds is 3. The van der Waals surface area contributed by atoms with E-state index in [1.165, 1.54) is 0 Å². The van der Waals surface area contributed by atoms with E-state index in [1.54, 1.807) is 12.4 Å². The van der Waals surface area contributed by atoms with Crippen molar-refractivity contribution in [1.82, 2.24) is 15.0 Å². The highest BCUT2D eigenvalue weighted by atomic mass is 35.5. The number of halogens is 1. The first-order valence-corrected chi connectivity index (χ1v) is 9.28. The Labute approximate surface area is 166 Å². The van der Waals surface area contributed by atoms with Crippen molar-refractivity contribution in [2.45, 2.75) is 0 Å². The summed E-state index contributed by atoms with van der Waals surface area (Å²) in [5.41, 5.74) is 7.26. The van der Waals surface area contributed by atoms with Gasteiger partial charge in [-0.2, -0.15) is 0 Å². The van der Waals surface area contributed by atoms with E-state index >= 15 is 0 Å². The van der Waals surface area contributed by atoms with Crippen molar-refractivity contribution in [1.29, 1.82) is 0 Å². The predicted molar refractivity (Wildman–Crippen MR) is 115 cm³/mol. The van der Waals surface area contributed by atoms with Gasteiger partial charge in [-0.3, -0.25) is 4.98 Å². The molecule has 0 saturated heterocycles. The molecule has 134 valence electrons. The largest absolute Gasteiger partial charge is 0.354 e. The summed E-state index contributed by atoms with van der Waals surface area (Å²) in [7, 11) is 0.